The van der Waals surface area contributed by atoms with Crippen molar-refractivity contribution in [3.05, 3.63) is 65.5 Å². The third-order valence-electron chi connectivity index (χ3n) is 2.96. The maximum absolute atomic E-state index is 12.0. The summed E-state index contributed by atoms with van der Waals surface area (Å²) in [5.41, 5.74) is 3.02. The molecule has 0 bridgehead atoms. The van der Waals surface area contributed by atoms with Gasteiger partial charge >= 0.3 is 0 Å². The Morgan fingerprint density at radius 1 is 1.05 bits per heavy atom. The van der Waals surface area contributed by atoms with Crippen molar-refractivity contribution in [3.63, 3.8) is 0 Å². The molecule has 0 aliphatic carbocycles. The SMILES string of the molecule is CCCc1ccc(C(=O)NCc2ccncc2)cc1. The molecule has 0 radical (unpaired) electrons. The number of benzene rings is 1. The number of pyridine rings is 1. The molecule has 19 heavy (non-hydrogen) atoms. The molecule has 2 aromatic rings. The summed E-state index contributed by atoms with van der Waals surface area (Å²) in [5.74, 6) is -0.0418. The summed E-state index contributed by atoms with van der Waals surface area (Å²) in [6.45, 7) is 2.67. The Morgan fingerprint density at radius 3 is 2.37 bits per heavy atom. The number of nitrogens with zero attached hydrogens (tertiary/aromatic N) is 1. The van der Waals surface area contributed by atoms with Gasteiger partial charge in [-0.1, -0.05) is 25.5 Å². The van der Waals surface area contributed by atoms with Crippen LogP contribution in [0.25, 0.3) is 0 Å². The lowest BCUT2D eigenvalue weighted by Gasteiger charge is -2.06. The lowest BCUT2D eigenvalue weighted by Crippen LogP contribution is -2.22. The molecule has 3 heteroatoms. The Hall–Kier alpha value is -2.16. The van der Waals surface area contributed by atoms with E-state index in [1.807, 2.05) is 36.4 Å². The Kier molecular flexibility index (Phi) is 4.67. The number of hydrogen-bond acceptors (Lipinski definition) is 2. The summed E-state index contributed by atoms with van der Waals surface area (Å²) in [6.07, 6.45) is 5.62. The predicted octanol–water partition coefficient (Wildman–Crippen LogP) is 2.96. The smallest absolute Gasteiger partial charge is 0.251 e. The van der Waals surface area contributed by atoms with Crippen LogP contribution in [0.5, 0.6) is 0 Å². The number of amides is 1. The Balaban J connectivity index is 1.92. The molecular formula is C16H18N2O. The minimum absolute atomic E-state index is 0.0418. The van der Waals surface area contributed by atoms with Crippen LogP contribution in [-0.2, 0) is 13.0 Å². The lowest BCUT2D eigenvalue weighted by atomic mass is 10.1. The molecule has 98 valence electrons. The van der Waals surface area contributed by atoms with Gasteiger partial charge in [-0.15, -0.1) is 0 Å². The average Bonchev–Trinajstić information content (AvgIpc) is 2.47. The van der Waals surface area contributed by atoms with Crippen molar-refractivity contribution in [2.24, 2.45) is 0 Å². The number of rotatable bonds is 5. The number of carbonyl (C=O) groups is 1. The summed E-state index contributed by atoms with van der Waals surface area (Å²) in [6, 6.07) is 11.6. The highest BCUT2D eigenvalue weighted by Crippen LogP contribution is 2.07. The molecule has 3 nitrogen and oxygen atoms in total. The first-order valence-corrected chi connectivity index (χ1v) is 6.55. The standard InChI is InChI=1S/C16H18N2O/c1-2-3-13-4-6-15(7-5-13)16(19)18-12-14-8-10-17-11-9-14/h4-11H,2-3,12H2,1H3,(H,18,19). The predicted molar refractivity (Wildman–Crippen MR) is 75.8 cm³/mol. The van der Waals surface area contributed by atoms with E-state index in [0.29, 0.717) is 12.1 Å². The van der Waals surface area contributed by atoms with Gasteiger partial charge in [0.15, 0.2) is 0 Å². The van der Waals surface area contributed by atoms with Gasteiger partial charge in [0.1, 0.15) is 0 Å². The summed E-state index contributed by atoms with van der Waals surface area (Å²) in [7, 11) is 0. The highest BCUT2D eigenvalue weighted by Gasteiger charge is 2.04. The molecule has 0 atom stereocenters. The van der Waals surface area contributed by atoms with Crippen molar-refractivity contribution >= 4 is 5.91 Å². The van der Waals surface area contributed by atoms with Gasteiger partial charge in [0, 0.05) is 24.5 Å². The van der Waals surface area contributed by atoms with Crippen LogP contribution in [0.3, 0.4) is 0 Å². The molecule has 1 aromatic heterocycles. The molecule has 1 heterocycles. The van der Waals surface area contributed by atoms with Crippen molar-refractivity contribution in [3.8, 4) is 0 Å². The molecule has 0 aliphatic rings. The van der Waals surface area contributed by atoms with Gasteiger partial charge in [-0.3, -0.25) is 9.78 Å². The zero-order chi connectivity index (χ0) is 13.5. The highest BCUT2D eigenvalue weighted by molar-refractivity contribution is 5.94. The Morgan fingerprint density at radius 2 is 1.74 bits per heavy atom. The maximum atomic E-state index is 12.0. The van der Waals surface area contributed by atoms with E-state index < -0.39 is 0 Å². The second-order valence-electron chi connectivity index (χ2n) is 4.49. The first kappa shape index (κ1) is 13.3. The van der Waals surface area contributed by atoms with Crippen LogP contribution in [0.15, 0.2) is 48.8 Å². The van der Waals surface area contributed by atoms with E-state index in [1.54, 1.807) is 12.4 Å². The second kappa shape index (κ2) is 6.69. The van der Waals surface area contributed by atoms with Crippen molar-refractivity contribution < 1.29 is 4.79 Å². The molecule has 1 aromatic carbocycles. The normalized spacial score (nSPS) is 10.2. The van der Waals surface area contributed by atoms with Crippen molar-refractivity contribution in [2.75, 3.05) is 0 Å². The fourth-order valence-corrected chi connectivity index (χ4v) is 1.90. The number of nitrogens with one attached hydrogen (secondary N) is 1. The van der Waals surface area contributed by atoms with Crippen molar-refractivity contribution in [1.82, 2.24) is 10.3 Å². The van der Waals surface area contributed by atoms with E-state index in [1.165, 1.54) is 5.56 Å². The van der Waals surface area contributed by atoms with Gasteiger partial charge in [0.2, 0.25) is 0 Å². The highest BCUT2D eigenvalue weighted by atomic mass is 16.1. The van der Waals surface area contributed by atoms with Crippen LogP contribution in [0.2, 0.25) is 0 Å². The van der Waals surface area contributed by atoms with Crippen LogP contribution in [0.4, 0.5) is 0 Å². The van der Waals surface area contributed by atoms with E-state index in [9.17, 15) is 4.79 Å². The van der Waals surface area contributed by atoms with Gasteiger partial charge in [-0.2, -0.15) is 0 Å². The molecule has 0 aliphatic heterocycles. The largest absolute Gasteiger partial charge is 0.348 e. The minimum Gasteiger partial charge on any atom is -0.348 e. The topological polar surface area (TPSA) is 42.0 Å². The second-order valence-corrected chi connectivity index (χ2v) is 4.49. The van der Waals surface area contributed by atoms with E-state index >= 15 is 0 Å². The fraction of sp³-hybridized carbons (Fsp3) is 0.250. The van der Waals surface area contributed by atoms with Crippen LogP contribution >= 0.6 is 0 Å². The van der Waals surface area contributed by atoms with Crippen molar-refractivity contribution in [1.29, 1.82) is 0 Å². The number of aryl methyl sites for hydroxylation is 1. The third kappa shape index (κ3) is 3.91. The molecule has 0 saturated heterocycles. The zero-order valence-corrected chi connectivity index (χ0v) is 11.1. The van der Waals surface area contributed by atoms with Gasteiger partial charge in [0.05, 0.1) is 0 Å². The van der Waals surface area contributed by atoms with Crippen molar-refractivity contribution in [2.45, 2.75) is 26.3 Å². The molecule has 0 fully saturated rings. The summed E-state index contributed by atoms with van der Waals surface area (Å²) in [4.78, 5) is 15.9. The molecule has 0 spiro atoms. The molecule has 2 rings (SSSR count). The lowest BCUT2D eigenvalue weighted by molar-refractivity contribution is 0.0951. The van der Waals surface area contributed by atoms with Gasteiger partial charge < -0.3 is 5.32 Å². The van der Waals surface area contributed by atoms with Gasteiger partial charge in [-0.25, -0.2) is 0 Å². The summed E-state index contributed by atoms with van der Waals surface area (Å²) in [5, 5.41) is 2.90. The monoisotopic (exact) mass is 254 g/mol. The van der Waals surface area contributed by atoms with E-state index in [4.69, 9.17) is 0 Å². The van der Waals surface area contributed by atoms with E-state index in [0.717, 1.165) is 18.4 Å². The number of aromatic nitrogens is 1. The van der Waals surface area contributed by atoms with E-state index in [-0.39, 0.29) is 5.91 Å². The Bertz CT molecular complexity index is 520. The number of carbonyl (C=O) groups excluding carboxylic acids is 1. The summed E-state index contributed by atoms with van der Waals surface area (Å²) >= 11 is 0. The molecule has 1 amide bonds. The van der Waals surface area contributed by atoms with Crippen LogP contribution < -0.4 is 5.32 Å². The van der Waals surface area contributed by atoms with Crippen LogP contribution in [-0.4, -0.2) is 10.9 Å². The molecule has 1 N–H and O–H groups in total. The van der Waals surface area contributed by atoms with E-state index in [2.05, 4.69) is 17.2 Å². The zero-order valence-electron chi connectivity index (χ0n) is 11.1. The first-order chi connectivity index (χ1) is 9.29. The quantitative estimate of drug-likeness (QED) is 0.891. The maximum Gasteiger partial charge on any atom is 0.251 e. The van der Waals surface area contributed by atoms with Crippen LogP contribution in [0.1, 0.15) is 34.8 Å². The average molecular weight is 254 g/mol. The third-order valence-corrected chi connectivity index (χ3v) is 2.96. The molecule has 0 saturated carbocycles. The van der Waals surface area contributed by atoms with Gasteiger partial charge in [-0.05, 0) is 41.8 Å². The first-order valence-electron chi connectivity index (χ1n) is 6.55. The molecule has 0 unspecified atom stereocenters. The van der Waals surface area contributed by atoms with Gasteiger partial charge in [0.25, 0.3) is 5.91 Å². The fourth-order valence-electron chi connectivity index (χ4n) is 1.90. The number of hydrogen-bond donors (Lipinski definition) is 1. The van der Waals surface area contributed by atoms with Crippen LogP contribution in [0, 0.1) is 0 Å². The Labute approximate surface area is 113 Å². The summed E-state index contributed by atoms with van der Waals surface area (Å²) < 4.78 is 0. The molecular weight excluding hydrogens is 236 g/mol. The minimum atomic E-state index is -0.0418.